The fraction of sp³-hybridized carbons (Fsp3) is 0.857. The molecule has 4 N–H and O–H groups in total. The molecule has 1 amide bonds. The molecule has 0 fully saturated rings. The Bertz CT molecular complexity index is 469. The molecule has 0 atom stereocenters. The van der Waals surface area contributed by atoms with Gasteiger partial charge in [-0.15, -0.1) is 0 Å². The lowest BCUT2D eigenvalue weighted by Crippen LogP contribution is -2.41. The number of carbonyl (C=O) groups excluding carboxylic acids is 1. The number of hydrogen-bond donors (Lipinski definition) is 3. The maximum atomic E-state index is 11.2. The lowest BCUT2D eigenvalue weighted by Gasteiger charge is -2.10. The van der Waals surface area contributed by atoms with Crippen LogP contribution in [-0.4, -0.2) is 41.3 Å². The van der Waals surface area contributed by atoms with Crippen LogP contribution in [0.3, 0.4) is 0 Å². The first-order chi connectivity index (χ1) is 8.02. The van der Waals surface area contributed by atoms with Crippen LogP contribution in [0.5, 0.6) is 0 Å². The molecule has 0 aromatic carbocycles. The number of ether oxygens (including phenoxy) is 1. The van der Waals surface area contributed by atoms with Crippen LogP contribution < -0.4 is 14.6 Å². The SMILES string of the molecule is CC(C)OC(=O)NS(=O)(=O)NCCCS(N)(=O)=O. The van der Waals surface area contributed by atoms with E-state index in [9.17, 15) is 21.6 Å². The summed E-state index contributed by atoms with van der Waals surface area (Å²) in [6.07, 6.45) is -1.56. The monoisotopic (exact) mass is 303 g/mol. The van der Waals surface area contributed by atoms with Crippen molar-refractivity contribution in [3.05, 3.63) is 0 Å². The summed E-state index contributed by atoms with van der Waals surface area (Å²) in [6, 6.07) is 0. The second-order valence-corrected chi connectivity index (χ2v) is 6.91. The highest BCUT2D eigenvalue weighted by Gasteiger charge is 2.15. The van der Waals surface area contributed by atoms with Gasteiger partial charge in [0.25, 0.3) is 0 Å². The second-order valence-electron chi connectivity index (χ2n) is 3.67. The summed E-state index contributed by atoms with van der Waals surface area (Å²) >= 11 is 0. The molecule has 0 saturated heterocycles. The first kappa shape index (κ1) is 17.1. The Morgan fingerprint density at radius 1 is 1.28 bits per heavy atom. The number of amides is 1. The lowest BCUT2D eigenvalue weighted by atomic mass is 10.5. The fourth-order valence-electron chi connectivity index (χ4n) is 0.864. The molecule has 18 heavy (non-hydrogen) atoms. The van der Waals surface area contributed by atoms with Crippen molar-refractivity contribution in [1.29, 1.82) is 0 Å². The molecule has 0 rings (SSSR count). The molecule has 0 aromatic heterocycles. The zero-order valence-corrected chi connectivity index (χ0v) is 11.7. The minimum absolute atomic E-state index is 0.00102. The van der Waals surface area contributed by atoms with Gasteiger partial charge in [0.1, 0.15) is 0 Å². The molecule has 0 saturated carbocycles. The summed E-state index contributed by atoms with van der Waals surface area (Å²) in [5, 5.41) is 4.73. The van der Waals surface area contributed by atoms with E-state index in [0.29, 0.717) is 0 Å². The van der Waals surface area contributed by atoms with Gasteiger partial charge in [-0.1, -0.05) is 0 Å². The molecule has 0 radical (unpaired) electrons. The van der Waals surface area contributed by atoms with Crippen LogP contribution in [-0.2, 0) is 25.0 Å². The summed E-state index contributed by atoms with van der Waals surface area (Å²) in [7, 11) is -7.68. The predicted molar refractivity (Wildman–Crippen MR) is 64.3 cm³/mol. The third kappa shape index (κ3) is 10.3. The van der Waals surface area contributed by atoms with E-state index in [2.05, 4.69) is 4.74 Å². The molecule has 0 spiro atoms. The van der Waals surface area contributed by atoms with E-state index in [1.807, 2.05) is 4.72 Å². The zero-order chi connectivity index (χ0) is 14.4. The quantitative estimate of drug-likeness (QED) is 0.495. The normalized spacial score (nSPS) is 12.4. The van der Waals surface area contributed by atoms with E-state index in [4.69, 9.17) is 5.14 Å². The molecule has 0 aliphatic carbocycles. The van der Waals surface area contributed by atoms with E-state index in [0.717, 1.165) is 0 Å². The molecule has 108 valence electrons. The Labute approximate surface area is 106 Å². The molecular weight excluding hydrogens is 286 g/mol. The van der Waals surface area contributed by atoms with E-state index in [-0.39, 0.29) is 18.7 Å². The summed E-state index contributed by atoms with van der Waals surface area (Å²) < 4.78 is 51.8. The summed E-state index contributed by atoms with van der Waals surface area (Å²) in [5.74, 6) is -0.355. The highest BCUT2D eigenvalue weighted by atomic mass is 32.2. The Kier molecular flexibility index (Phi) is 6.52. The highest BCUT2D eigenvalue weighted by molar-refractivity contribution is 7.89. The van der Waals surface area contributed by atoms with E-state index < -0.39 is 32.4 Å². The number of nitrogens with two attached hydrogens (primary N) is 1. The first-order valence-electron chi connectivity index (χ1n) is 5.00. The Balaban J connectivity index is 4.06. The van der Waals surface area contributed by atoms with E-state index >= 15 is 0 Å². The van der Waals surface area contributed by atoms with Gasteiger partial charge in [0.05, 0.1) is 11.9 Å². The van der Waals surface area contributed by atoms with Crippen molar-refractivity contribution >= 4 is 26.3 Å². The predicted octanol–water partition coefficient (Wildman–Crippen LogP) is -1.37. The van der Waals surface area contributed by atoms with Crippen LogP contribution in [0, 0.1) is 0 Å². The van der Waals surface area contributed by atoms with Gasteiger partial charge in [-0.25, -0.2) is 23.1 Å². The summed E-state index contributed by atoms with van der Waals surface area (Å²) in [5.41, 5.74) is 0. The van der Waals surface area contributed by atoms with E-state index in [1.54, 1.807) is 18.6 Å². The molecule has 0 aromatic rings. The van der Waals surface area contributed by atoms with Crippen molar-refractivity contribution in [3.63, 3.8) is 0 Å². The molecular formula is C7H17N3O6S2. The summed E-state index contributed by atoms with van der Waals surface area (Å²) in [6.45, 7) is 2.96. The Hall–Kier alpha value is -0.910. The Morgan fingerprint density at radius 3 is 2.28 bits per heavy atom. The topological polar surface area (TPSA) is 145 Å². The van der Waals surface area contributed by atoms with Gasteiger partial charge in [0.2, 0.25) is 10.0 Å². The third-order valence-electron chi connectivity index (χ3n) is 1.46. The van der Waals surface area contributed by atoms with E-state index in [1.165, 1.54) is 0 Å². The summed E-state index contributed by atoms with van der Waals surface area (Å²) in [4.78, 5) is 11.0. The second kappa shape index (κ2) is 6.87. The molecule has 0 heterocycles. The van der Waals surface area contributed by atoms with Crippen LogP contribution >= 0.6 is 0 Å². The standard InChI is InChI=1S/C7H17N3O6S2/c1-6(2)16-7(11)10-18(14,15)9-4-3-5-17(8,12)13/h6,9H,3-5H2,1-2H3,(H,10,11)(H2,8,12,13). The number of hydrogen-bond acceptors (Lipinski definition) is 6. The molecule has 0 bridgehead atoms. The van der Waals surface area contributed by atoms with Gasteiger partial charge in [-0.3, -0.25) is 0 Å². The van der Waals surface area contributed by atoms with Crippen molar-refractivity contribution in [2.45, 2.75) is 26.4 Å². The molecule has 0 aliphatic rings. The molecule has 9 nitrogen and oxygen atoms in total. The van der Waals surface area contributed by atoms with Gasteiger partial charge in [-0.2, -0.15) is 13.1 Å². The van der Waals surface area contributed by atoms with Gasteiger partial charge in [-0.05, 0) is 20.3 Å². The molecule has 0 unspecified atom stereocenters. The van der Waals surface area contributed by atoms with Crippen molar-refractivity contribution in [2.75, 3.05) is 12.3 Å². The number of primary sulfonamides is 1. The van der Waals surface area contributed by atoms with Crippen LogP contribution in [0.2, 0.25) is 0 Å². The van der Waals surface area contributed by atoms with Gasteiger partial charge < -0.3 is 4.74 Å². The van der Waals surface area contributed by atoms with Crippen LogP contribution in [0.15, 0.2) is 0 Å². The number of rotatable bonds is 7. The van der Waals surface area contributed by atoms with Crippen molar-refractivity contribution < 1.29 is 26.4 Å². The Morgan fingerprint density at radius 2 is 1.83 bits per heavy atom. The maximum absolute atomic E-state index is 11.2. The van der Waals surface area contributed by atoms with Gasteiger partial charge in [0.15, 0.2) is 0 Å². The molecule has 0 aliphatic heterocycles. The number of nitrogens with one attached hydrogen (secondary N) is 2. The minimum Gasteiger partial charge on any atom is -0.446 e. The van der Waals surface area contributed by atoms with Crippen molar-refractivity contribution in [2.24, 2.45) is 5.14 Å². The number of carbonyl (C=O) groups is 1. The first-order valence-corrected chi connectivity index (χ1v) is 8.20. The lowest BCUT2D eigenvalue weighted by molar-refractivity contribution is 0.121. The van der Waals surface area contributed by atoms with Crippen molar-refractivity contribution in [3.8, 4) is 0 Å². The average Bonchev–Trinajstić information content (AvgIpc) is 2.08. The van der Waals surface area contributed by atoms with Crippen molar-refractivity contribution in [1.82, 2.24) is 9.44 Å². The maximum Gasteiger partial charge on any atom is 0.422 e. The fourth-order valence-corrected chi connectivity index (χ4v) is 2.16. The third-order valence-corrected chi connectivity index (χ3v) is 3.34. The van der Waals surface area contributed by atoms with Gasteiger partial charge in [0, 0.05) is 6.54 Å². The molecule has 11 heteroatoms. The van der Waals surface area contributed by atoms with Gasteiger partial charge >= 0.3 is 16.3 Å². The largest absolute Gasteiger partial charge is 0.446 e. The van der Waals surface area contributed by atoms with Crippen LogP contribution in [0.4, 0.5) is 4.79 Å². The van der Waals surface area contributed by atoms with Crippen LogP contribution in [0.1, 0.15) is 20.3 Å². The minimum atomic E-state index is -4.05. The van der Waals surface area contributed by atoms with Crippen LogP contribution in [0.25, 0.3) is 0 Å². The smallest absolute Gasteiger partial charge is 0.422 e. The average molecular weight is 303 g/mol. The number of sulfonamides is 1. The highest BCUT2D eigenvalue weighted by Crippen LogP contribution is 1.90. The zero-order valence-electron chi connectivity index (χ0n) is 10.0.